The zero-order chi connectivity index (χ0) is 31.0. The minimum Gasteiger partial charge on any atom is -0.394 e. The summed E-state index contributed by atoms with van der Waals surface area (Å²) in [6, 6.07) is 19.3. The second-order valence-electron chi connectivity index (χ2n) is 11.4. The Morgan fingerprint density at radius 2 is 1.95 bits per heavy atom. The number of nitrogens with zero attached hydrogens (tertiary/aromatic N) is 4. The van der Waals surface area contributed by atoms with Crippen LogP contribution in [0.1, 0.15) is 37.3 Å². The maximum Gasteiger partial charge on any atom is 0.279 e. The molecule has 2 aliphatic heterocycles. The van der Waals surface area contributed by atoms with Gasteiger partial charge in [0.05, 0.1) is 42.2 Å². The average molecular weight is 613 g/mol. The fraction of sp³-hybridized carbons (Fsp3) is 0.294. The molecule has 3 atom stereocenters. The Labute approximate surface area is 259 Å². The molecule has 1 saturated heterocycles. The van der Waals surface area contributed by atoms with Crippen molar-refractivity contribution in [2.24, 2.45) is 5.92 Å². The van der Waals surface area contributed by atoms with E-state index in [2.05, 4.69) is 5.10 Å². The van der Waals surface area contributed by atoms with Crippen LogP contribution >= 0.6 is 11.6 Å². The van der Waals surface area contributed by atoms with Gasteiger partial charge in [-0.1, -0.05) is 61.0 Å². The van der Waals surface area contributed by atoms with Crippen molar-refractivity contribution >= 4 is 39.9 Å². The highest BCUT2D eigenvalue weighted by molar-refractivity contribution is 6.31. The lowest BCUT2D eigenvalue weighted by Crippen LogP contribution is -2.44. The summed E-state index contributed by atoms with van der Waals surface area (Å²) >= 11 is 6.33. The number of rotatable bonds is 8. The third-order valence-electron chi connectivity index (χ3n) is 8.71. The highest BCUT2D eigenvalue weighted by Crippen LogP contribution is 2.46. The number of aliphatic hydroxyl groups is 2. The maximum atomic E-state index is 14.0. The monoisotopic (exact) mass is 612 g/mol. The van der Waals surface area contributed by atoms with Crippen LogP contribution in [-0.4, -0.2) is 55.9 Å². The number of hydrogen-bond acceptors (Lipinski definition) is 6. The van der Waals surface area contributed by atoms with Gasteiger partial charge in [-0.05, 0) is 54.8 Å². The Morgan fingerprint density at radius 3 is 2.77 bits per heavy atom. The second-order valence-corrected chi connectivity index (χ2v) is 11.9. The predicted octanol–water partition coefficient (Wildman–Crippen LogP) is 4.34. The van der Waals surface area contributed by atoms with Gasteiger partial charge < -0.3 is 20.0 Å². The number of likely N-dealkylation sites (tertiary alicyclic amines) is 1. The van der Waals surface area contributed by atoms with E-state index in [0.717, 1.165) is 23.8 Å². The first-order valence-corrected chi connectivity index (χ1v) is 15.1. The average Bonchev–Trinajstić information content (AvgIpc) is 3.59. The number of carbonyl (C=O) groups excluding carboxylic acids is 2. The molecule has 4 aromatic rings. The molecule has 44 heavy (non-hydrogen) atoms. The third-order valence-corrected chi connectivity index (χ3v) is 8.94. The zero-order valence-electron chi connectivity index (χ0n) is 24.3. The van der Waals surface area contributed by atoms with Crippen LogP contribution < -0.4 is 10.5 Å². The molecule has 0 spiro atoms. The molecular weight excluding hydrogens is 580 g/mol. The van der Waals surface area contributed by atoms with Crippen molar-refractivity contribution < 1.29 is 19.8 Å². The Hall–Kier alpha value is -4.31. The van der Waals surface area contributed by atoms with Crippen LogP contribution in [0.25, 0.3) is 16.5 Å². The van der Waals surface area contributed by atoms with E-state index in [0.29, 0.717) is 33.9 Å². The predicted molar refractivity (Wildman–Crippen MR) is 169 cm³/mol. The van der Waals surface area contributed by atoms with Crippen LogP contribution in [0.2, 0.25) is 5.02 Å². The summed E-state index contributed by atoms with van der Waals surface area (Å²) in [5, 5.41) is 27.6. The Balaban J connectivity index is 1.26. The van der Waals surface area contributed by atoms with E-state index in [1.165, 1.54) is 9.58 Å². The van der Waals surface area contributed by atoms with Gasteiger partial charge in [-0.15, -0.1) is 0 Å². The molecular formula is C34H33ClN4O5. The number of benzene rings is 3. The maximum absolute atomic E-state index is 14.0. The zero-order valence-corrected chi connectivity index (χ0v) is 25.0. The summed E-state index contributed by atoms with van der Waals surface area (Å²) in [5.74, 6) is -1.28. The first-order chi connectivity index (χ1) is 21.2. The number of amides is 2. The number of anilines is 1. The molecule has 0 unspecified atom stereocenters. The molecule has 1 aromatic heterocycles. The van der Waals surface area contributed by atoms with Gasteiger partial charge in [0.2, 0.25) is 5.91 Å². The molecule has 0 radical (unpaired) electrons. The molecule has 1 fully saturated rings. The third kappa shape index (κ3) is 5.21. The normalized spacial score (nSPS) is 20.5. The van der Waals surface area contributed by atoms with Crippen LogP contribution in [0.4, 0.5) is 5.69 Å². The van der Waals surface area contributed by atoms with Crippen LogP contribution in [0, 0.1) is 5.92 Å². The molecule has 226 valence electrons. The SMILES string of the molecule is C[C@@H](/C=C/CC(=O)N1CCC[C@H]1CO)[C@]1(O)C(=O)N(Cc2cccc(-n3ncc4ccccc4c3=O)c2)c2ccc(Cl)cc21. The van der Waals surface area contributed by atoms with E-state index in [1.54, 1.807) is 72.6 Å². The minimum absolute atomic E-state index is 0.0636. The van der Waals surface area contributed by atoms with E-state index in [4.69, 9.17) is 11.6 Å². The van der Waals surface area contributed by atoms with Crippen molar-refractivity contribution in [1.29, 1.82) is 0 Å². The van der Waals surface area contributed by atoms with Crippen molar-refractivity contribution in [2.45, 2.75) is 44.4 Å². The van der Waals surface area contributed by atoms with Crippen molar-refractivity contribution in [3.05, 3.63) is 112 Å². The molecule has 10 heteroatoms. The minimum atomic E-state index is -1.91. The smallest absolute Gasteiger partial charge is 0.279 e. The Morgan fingerprint density at radius 1 is 1.14 bits per heavy atom. The molecule has 3 aromatic carbocycles. The van der Waals surface area contributed by atoms with Gasteiger partial charge >= 0.3 is 0 Å². The van der Waals surface area contributed by atoms with Crippen LogP contribution in [0.15, 0.2) is 89.9 Å². The number of halogens is 1. The second kappa shape index (κ2) is 12.0. The van der Waals surface area contributed by atoms with Crippen LogP contribution in [-0.2, 0) is 21.7 Å². The van der Waals surface area contributed by atoms with E-state index in [1.807, 2.05) is 24.3 Å². The van der Waals surface area contributed by atoms with E-state index < -0.39 is 17.4 Å². The molecule has 0 aliphatic carbocycles. The van der Waals surface area contributed by atoms with Crippen molar-refractivity contribution in [3.63, 3.8) is 0 Å². The molecule has 2 aliphatic rings. The number of aromatic nitrogens is 2. The highest BCUT2D eigenvalue weighted by Gasteiger charge is 2.52. The lowest BCUT2D eigenvalue weighted by atomic mass is 9.83. The summed E-state index contributed by atoms with van der Waals surface area (Å²) in [4.78, 5) is 43.2. The van der Waals surface area contributed by atoms with Crippen molar-refractivity contribution in [2.75, 3.05) is 18.1 Å². The van der Waals surface area contributed by atoms with Gasteiger partial charge in [0.15, 0.2) is 5.60 Å². The van der Waals surface area contributed by atoms with Gasteiger partial charge in [0.25, 0.3) is 11.5 Å². The summed E-state index contributed by atoms with van der Waals surface area (Å²) in [7, 11) is 0. The van der Waals surface area contributed by atoms with Crippen molar-refractivity contribution in [1.82, 2.24) is 14.7 Å². The summed E-state index contributed by atoms with van der Waals surface area (Å²) in [6.07, 6.45) is 6.75. The van der Waals surface area contributed by atoms with Crippen LogP contribution in [0.3, 0.4) is 0 Å². The fourth-order valence-electron chi connectivity index (χ4n) is 6.30. The fourth-order valence-corrected chi connectivity index (χ4v) is 6.48. The Bertz CT molecular complexity index is 1840. The molecule has 2 amide bonds. The van der Waals surface area contributed by atoms with Crippen molar-refractivity contribution in [3.8, 4) is 5.69 Å². The lowest BCUT2D eigenvalue weighted by molar-refractivity contribution is -0.139. The molecule has 6 rings (SSSR count). The highest BCUT2D eigenvalue weighted by atomic mass is 35.5. The largest absolute Gasteiger partial charge is 0.394 e. The number of fused-ring (bicyclic) bond motifs is 2. The van der Waals surface area contributed by atoms with Gasteiger partial charge in [0, 0.05) is 34.9 Å². The van der Waals surface area contributed by atoms with Gasteiger partial charge in [0.1, 0.15) is 0 Å². The molecule has 0 bridgehead atoms. The van der Waals surface area contributed by atoms with E-state index in [-0.39, 0.29) is 37.1 Å². The summed E-state index contributed by atoms with van der Waals surface area (Å²) in [6.45, 7) is 2.42. The number of aliphatic hydroxyl groups excluding tert-OH is 1. The van der Waals surface area contributed by atoms with Gasteiger partial charge in [-0.3, -0.25) is 14.4 Å². The van der Waals surface area contributed by atoms with Gasteiger partial charge in [-0.25, -0.2) is 0 Å². The first kappa shape index (κ1) is 29.7. The molecule has 3 heterocycles. The standard InChI is InChI=1S/C34H33ClN4O5/c1-22(7-4-13-31(41)37-16-6-11-27(37)21-40)34(44)29-18-25(35)14-15-30(29)38(33(34)43)20-23-8-5-10-26(17-23)39-32(42)28-12-3-2-9-24(28)19-36-39/h2-5,7-10,12,14-15,17-19,22,27,40,44H,6,11,13,16,20-21H2,1H3/b7-4+/t22-,27-,34+/m0/s1. The molecule has 0 saturated carbocycles. The van der Waals surface area contributed by atoms with E-state index >= 15 is 0 Å². The number of hydrogen-bond donors (Lipinski definition) is 2. The quantitative estimate of drug-likeness (QED) is 0.286. The van der Waals surface area contributed by atoms with Gasteiger partial charge in [-0.2, -0.15) is 9.78 Å². The lowest BCUT2D eigenvalue weighted by Gasteiger charge is -2.28. The van der Waals surface area contributed by atoms with Crippen LogP contribution in [0.5, 0.6) is 0 Å². The topological polar surface area (TPSA) is 116 Å². The summed E-state index contributed by atoms with van der Waals surface area (Å²) in [5.41, 5.74) is 0.0618. The molecule has 2 N–H and O–H groups in total. The summed E-state index contributed by atoms with van der Waals surface area (Å²) < 4.78 is 1.33. The molecule has 9 nitrogen and oxygen atoms in total. The first-order valence-electron chi connectivity index (χ1n) is 14.7. The Kier molecular flexibility index (Phi) is 8.11. The van der Waals surface area contributed by atoms with E-state index in [9.17, 15) is 24.6 Å². The number of carbonyl (C=O) groups is 2.